The van der Waals surface area contributed by atoms with E-state index in [9.17, 15) is 9.18 Å². The van der Waals surface area contributed by atoms with Crippen LogP contribution in [0.3, 0.4) is 0 Å². The molecule has 0 aliphatic heterocycles. The number of halogens is 1. The molecular weight excluding hydrogens is 247 g/mol. The van der Waals surface area contributed by atoms with Gasteiger partial charge in [0.25, 0.3) is 5.91 Å². The summed E-state index contributed by atoms with van der Waals surface area (Å²) in [4.78, 5) is 15.7. The number of nitrogens with zero attached hydrogens (tertiary/aromatic N) is 1. The number of hydrogen-bond donors (Lipinski definition) is 3. The summed E-state index contributed by atoms with van der Waals surface area (Å²) in [6, 6.07) is 6.56. The highest BCUT2D eigenvalue weighted by molar-refractivity contribution is 6.08. The lowest BCUT2D eigenvalue weighted by molar-refractivity contribution is 0.102. The van der Waals surface area contributed by atoms with Gasteiger partial charge in [-0.15, -0.1) is 0 Å². The van der Waals surface area contributed by atoms with Crippen LogP contribution in [0.5, 0.6) is 0 Å². The quantitative estimate of drug-likeness (QED) is 0.583. The van der Waals surface area contributed by atoms with Crippen LogP contribution in [0, 0.1) is 12.7 Å². The van der Waals surface area contributed by atoms with Gasteiger partial charge in [-0.1, -0.05) is 11.6 Å². The molecule has 0 fully saturated rings. The molecule has 1 amide bonds. The van der Waals surface area contributed by atoms with Crippen LogP contribution in [0.4, 0.5) is 15.8 Å². The Kier molecular flexibility index (Phi) is 3.72. The van der Waals surface area contributed by atoms with E-state index in [0.29, 0.717) is 11.3 Å². The number of anilines is 2. The molecule has 0 radical (unpaired) electrons. The first kappa shape index (κ1) is 13.0. The van der Waals surface area contributed by atoms with Gasteiger partial charge < -0.3 is 10.7 Å². The molecule has 0 aliphatic rings. The summed E-state index contributed by atoms with van der Waals surface area (Å²) in [5.74, 6) is 4.31. The molecule has 1 heterocycles. The van der Waals surface area contributed by atoms with Gasteiger partial charge in [0, 0.05) is 6.20 Å². The van der Waals surface area contributed by atoms with Crippen molar-refractivity contribution in [2.75, 3.05) is 10.7 Å². The predicted octanol–water partition coefficient (Wildman–Crippen LogP) is 2.07. The van der Waals surface area contributed by atoms with Crippen LogP contribution in [0.2, 0.25) is 0 Å². The maximum Gasteiger partial charge on any atom is 0.257 e. The number of nitrogens with one attached hydrogen (secondary N) is 2. The monoisotopic (exact) mass is 260 g/mol. The second kappa shape index (κ2) is 5.45. The molecule has 0 saturated carbocycles. The Morgan fingerprint density at radius 1 is 1.32 bits per heavy atom. The number of pyridine rings is 1. The highest BCUT2D eigenvalue weighted by atomic mass is 19.1. The Morgan fingerprint density at radius 2 is 2.11 bits per heavy atom. The summed E-state index contributed by atoms with van der Waals surface area (Å²) >= 11 is 0. The van der Waals surface area contributed by atoms with Crippen molar-refractivity contribution in [3.8, 4) is 0 Å². The fourth-order valence-corrected chi connectivity index (χ4v) is 1.64. The minimum Gasteiger partial charge on any atom is -0.323 e. The topological polar surface area (TPSA) is 80.0 Å². The number of benzene rings is 1. The lowest BCUT2D eigenvalue weighted by atomic mass is 10.1. The van der Waals surface area contributed by atoms with E-state index < -0.39 is 11.7 Å². The van der Waals surface area contributed by atoms with Crippen molar-refractivity contribution < 1.29 is 9.18 Å². The van der Waals surface area contributed by atoms with Crippen LogP contribution in [-0.4, -0.2) is 10.9 Å². The maximum absolute atomic E-state index is 13.4. The van der Waals surface area contributed by atoms with E-state index in [1.54, 1.807) is 12.1 Å². The number of rotatable bonds is 3. The fourth-order valence-electron chi connectivity index (χ4n) is 1.64. The Labute approximate surface area is 109 Å². The lowest BCUT2D eigenvalue weighted by Crippen LogP contribution is -2.18. The second-order valence-corrected chi connectivity index (χ2v) is 4.00. The Bertz CT molecular complexity index is 615. The van der Waals surface area contributed by atoms with Crippen LogP contribution in [0.1, 0.15) is 15.9 Å². The first-order valence-corrected chi connectivity index (χ1v) is 5.60. The van der Waals surface area contributed by atoms with Gasteiger partial charge in [0.05, 0.1) is 23.1 Å². The number of aryl methyl sites for hydroxylation is 1. The highest BCUT2D eigenvalue weighted by Crippen LogP contribution is 2.19. The van der Waals surface area contributed by atoms with Gasteiger partial charge in [0.1, 0.15) is 0 Å². The Hall–Kier alpha value is -2.47. The summed E-state index contributed by atoms with van der Waals surface area (Å²) in [7, 11) is 0. The molecule has 5 nitrogen and oxygen atoms in total. The summed E-state index contributed by atoms with van der Waals surface area (Å²) < 4.78 is 13.4. The first-order valence-electron chi connectivity index (χ1n) is 5.60. The highest BCUT2D eigenvalue weighted by Gasteiger charge is 2.13. The second-order valence-electron chi connectivity index (χ2n) is 4.00. The van der Waals surface area contributed by atoms with E-state index in [4.69, 9.17) is 5.84 Å². The van der Waals surface area contributed by atoms with Gasteiger partial charge in [-0.3, -0.25) is 15.6 Å². The van der Waals surface area contributed by atoms with Crippen molar-refractivity contribution >= 4 is 17.3 Å². The van der Waals surface area contributed by atoms with E-state index in [-0.39, 0.29) is 5.69 Å². The third-order valence-electron chi connectivity index (χ3n) is 2.60. The number of carbonyl (C=O) groups is 1. The number of nitrogen functional groups attached to an aromatic ring is 1. The molecule has 4 N–H and O–H groups in total. The zero-order valence-electron chi connectivity index (χ0n) is 10.3. The van der Waals surface area contributed by atoms with Gasteiger partial charge >= 0.3 is 0 Å². The molecule has 6 heteroatoms. The summed E-state index contributed by atoms with van der Waals surface area (Å²) in [6.45, 7) is 1.85. The van der Waals surface area contributed by atoms with E-state index in [1.807, 2.05) is 13.0 Å². The normalized spacial score (nSPS) is 10.1. The molecular formula is C13H13FN4O. The van der Waals surface area contributed by atoms with Crippen molar-refractivity contribution in [3.05, 3.63) is 53.6 Å². The fraction of sp³-hybridized carbons (Fsp3) is 0.0769. The first-order chi connectivity index (χ1) is 9.11. The molecule has 1 aromatic heterocycles. The van der Waals surface area contributed by atoms with Crippen molar-refractivity contribution in [1.29, 1.82) is 0 Å². The Balaban J connectivity index is 2.30. The van der Waals surface area contributed by atoms with Gasteiger partial charge in [-0.25, -0.2) is 4.39 Å². The molecule has 1 aromatic carbocycles. The van der Waals surface area contributed by atoms with E-state index in [0.717, 1.165) is 11.8 Å². The largest absolute Gasteiger partial charge is 0.323 e. The number of carbonyl (C=O) groups excluding carboxylic acids is 1. The zero-order valence-corrected chi connectivity index (χ0v) is 10.3. The lowest BCUT2D eigenvalue weighted by Gasteiger charge is -2.10. The van der Waals surface area contributed by atoms with Gasteiger partial charge in [-0.05, 0) is 25.1 Å². The third-order valence-corrected chi connectivity index (χ3v) is 2.60. The van der Waals surface area contributed by atoms with Gasteiger partial charge in [0.15, 0.2) is 5.82 Å². The molecule has 0 saturated heterocycles. The van der Waals surface area contributed by atoms with Crippen molar-refractivity contribution in [2.24, 2.45) is 5.84 Å². The number of amides is 1. The third kappa shape index (κ3) is 2.86. The van der Waals surface area contributed by atoms with Crippen LogP contribution in [-0.2, 0) is 0 Å². The van der Waals surface area contributed by atoms with Gasteiger partial charge in [-0.2, -0.15) is 0 Å². The number of hydrogen-bond acceptors (Lipinski definition) is 4. The molecule has 2 rings (SSSR count). The minimum atomic E-state index is -0.592. The van der Waals surface area contributed by atoms with Crippen LogP contribution in [0.25, 0.3) is 0 Å². The zero-order chi connectivity index (χ0) is 13.8. The van der Waals surface area contributed by atoms with Crippen LogP contribution in [0.15, 0.2) is 36.7 Å². The number of nitrogens with two attached hydrogens (primary N) is 1. The van der Waals surface area contributed by atoms with E-state index in [2.05, 4.69) is 15.7 Å². The molecule has 2 aromatic rings. The summed E-state index contributed by atoms with van der Waals surface area (Å²) in [6.07, 6.45) is 2.44. The minimum absolute atomic E-state index is 0.0736. The number of hydrazine groups is 1. The molecule has 0 bridgehead atoms. The summed E-state index contributed by atoms with van der Waals surface area (Å²) in [5.41, 5.74) is 4.23. The van der Waals surface area contributed by atoms with E-state index in [1.165, 1.54) is 12.3 Å². The molecule has 0 unspecified atom stereocenters. The molecule has 19 heavy (non-hydrogen) atoms. The number of aromatic nitrogens is 1. The van der Waals surface area contributed by atoms with E-state index >= 15 is 0 Å². The SMILES string of the molecule is Cc1ccc(NN)c(C(=O)Nc2ccncc2F)c1. The molecule has 0 aliphatic carbocycles. The predicted molar refractivity (Wildman–Crippen MR) is 71.1 cm³/mol. The van der Waals surface area contributed by atoms with Crippen LogP contribution >= 0.6 is 0 Å². The standard InChI is InChI=1S/C13H13FN4O/c1-8-2-3-11(18-15)9(6-8)13(19)17-12-4-5-16-7-10(12)14/h2-7,18H,15H2,1H3,(H,16,17,19). The molecule has 0 atom stereocenters. The van der Waals surface area contributed by atoms with Crippen molar-refractivity contribution in [2.45, 2.75) is 6.92 Å². The summed E-state index contributed by atoms with van der Waals surface area (Å²) in [5, 5.41) is 2.48. The maximum atomic E-state index is 13.4. The van der Waals surface area contributed by atoms with Crippen LogP contribution < -0.4 is 16.6 Å². The smallest absolute Gasteiger partial charge is 0.257 e. The Morgan fingerprint density at radius 3 is 2.79 bits per heavy atom. The molecule has 98 valence electrons. The molecule has 0 spiro atoms. The van der Waals surface area contributed by atoms with Crippen molar-refractivity contribution in [3.63, 3.8) is 0 Å². The average Bonchev–Trinajstić information content (AvgIpc) is 2.41. The van der Waals surface area contributed by atoms with Gasteiger partial charge in [0.2, 0.25) is 0 Å². The van der Waals surface area contributed by atoms with Crippen molar-refractivity contribution in [1.82, 2.24) is 4.98 Å². The average molecular weight is 260 g/mol.